The summed E-state index contributed by atoms with van der Waals surface area (Å²) in [6, 6.07) is 0.729. The van der Waals surface area contributed by atoms with Crippen molar-refractivity contribution in [2.75, 3.05) is 13.7 Å². The summed E-state index contributed by atoms with van der Waals surface area (Å²) < 4.78 is 12.5. The molecule has 0 aromatic carbocycles. The second-order valence-electron chi connectivity index (χ2n) is 4.93. The molecule has 2 atom stereocenters. The summed E-state index contributed by atoms with van der Waals surface area (Å²) >= 11 is 0. The Balaban J connectivity index is 2.61. The maximum Gasteiger partial charge on any atom is 0.105 e. The number of nitrogens with zero attached hydrogens (tertiary/aromatic N) is 1. The second-order valence-corrected chi connectivity index (χ2v) is 4.93. The predicted octanol–water partition coefficient (Wildman–Crippen LogP) is 2.46. The molecule has 0 aliphatic carbocycles. The maximum absolute atomic E-state index is 12.5. The minimum atomic E-state index is -0.191. The van der Waals surface area contributed by atoms with Gasteiger partial charge in [0.2, 0.25) is 0 Å². The zero-order valence-electron chi connectivity index (χ0n) is 8.60. The van der Waals surface area contributed by atoms with Gasteiger partial charge in [-0.3, -0.25) is 4.90 Å². The Morgan fingerprint density at radius 1 is 1.33 bits per heavy atom. The largest absolute Gasteiger partial charge is 0.297 e. The molecule has 0 saturated carbocycles. The summed E-state index contributed by atoms with van der Waals surface area (Å²) in [5.74, 6) is 0. The summed E-state index contributed by atoms with van der Waals surface area (Å²) in [6.07, 6.45) is 2.17. The second kappa shape index (κ2) is 3.33. The van der Waals surface area contributed by atoms with Crippen LogP contribution in [-0.2, 0) is 0 Å². The van der Waals surface area contributed by atoms with E-state index < -0.39 is 0 Å². The van der Waals surface area contributed by atoms with E-state index in [1.165, 1.54) is 0 Å². The fourth-order valence-corrected chi connectivity index (χ4v) is 2.24. The summed E-state index contributed by atoms with van der Waals surface area (Å²) in [5, 5.41) is 0. The van der Waals surface area contributed by atoms with Crippen molar-refractivity contribution in [1.29, 1.82) is 0 Å². The van der Waals surface area contributed by atoms with Crippen molar-refractivity contribution in [2.24, 2.45) is 5.41 Å². The van der Waals surface area contributed by atoms with E-state index in [0.717, 1.165) is 12.8 Å². The first-order chi connectivity index (χ1) is 5.46. The van der Waals surface area contributed by atoms with Crippen LogP contribution in [0.25, 0.3) is 0 Å². The Labute approximate surface area is 74.9 Å². The van der Waals surface area contributed by atoms with Gasteiger partial charge in [-0.15, -0.1) is 0 Å². The molecule has 12 heavy (non-hydrogen) atoms. The summed E-state index contributed by atoms with van der Waals surface area (Å²) in [5.41, 5.74) is 0.290. The van der Waals surface area contributed by atoms with Crippen molar-refractivity contribution in [3.63, 3.8) is 0 Å². The van der Waals surface area contributed by atoms with E-state index in [9.17, 15) is 4.39 Å². The highest BCUT2D eigenvalue weighted by Crippen LogP contribution is 2.34. The lowest BCUT2D eigenvalue weighted by molar-refractivity contribution is 0.125. The molecule has 0 amide bonds. The Morgan fingerprint density at radius 2 is 1.92 bits per heavy atom. The number of rotatable bonds is 1. The number of hydrogen-bond donors (Lipinski definition) is 0. The minimum Gasteiger partial charge on any atom is -0.297 e. The molecule has 0 bridgehead atoms. The number of likely N-dealkylation sites (tertiary alicyclic amines) is 1. The average molecular weight is 173 g/mol. The van der Waals surface area contributed by atoms with Crippen LogP contribution in [0.3, 0.4) is 0 Å². The molecular formula is C10H20FN. The molecular weight excluding hydrogens is 153 g/mol. The van der Waals surface area contributed by atoms with E-state index >= 15 is 0 Å². The van der Waals surface area contributed by atoms with Gasteiger partial charge in [-0.05, 0) is 25.3 Å². The third-order valence-electron chi connectivity index (χ3n) is 3.02. The van der Waals surface area contributed by atoms with Crippen molar-refractivity contribution in [2.45, 2.75) is 45.7 Å². The van der Waals surface area contributed by atoms with Crippen LogP contribution in [0.5, 0.6) is 0 Å². The normalized spacial score (nSPS) is 32.8. The summed E-state index contributed by atoms with van der Waals surface area (Å²) in [7, 11) is 2.05. The van der Waals surface area contributed by atoms with Crippen LogP contribution in [-0.4, -0.2) is 30.7 Å². The van der Waals surface area contributed by atoms with Crippen LogP contribution in [0.15, 0.2) is 0 Å². The average Bonchev–Trinajstić information content (AvgIpc) is 2.29. The Bertz CT molecular complexity index is 150. The Hall–Kier alpha value is -0.110. The van der Waals surface area contributed by atoms with Gasteiger partial charge < -0.3 is 0 Å². The number of hydrogen-bond acceptors (Lipinski definition) is 1. The van der Waals surface area contributed by atoms with Crippen LogP contribution in [0.1, 0.15) is 33.6 Å². The fraction of sp³-hybridized carbons (Fsp3) is 1.00. The van der Waals surface area contributed by atoms with Crippen LogP contribution in [0, 0.1) is 5.41 Å². The maximum atomic E-state index is 12.5. The lowest BCUT2D eigenvalue weighted by Gasteiger charge is -2.34. The van der Waals surface area contributed by atoms with Gasteiger partial charge in [0.25, 0.3) is 0 Å². The molecule has 72 valence electrons. The number of halogens is 1. The van der Waals surface area contributed by atoms with E-state index in [4.69, 9.17) is 0 Å². The van der Waals surface area contributed by atoms with Crippen LogP contribution >= 0.6 is 0 Å². The van der Waals surface area contributed by atoms with E-state index in [1.54, 1.807) is 0 Å². The topological polar surface area (TPSA) is 3.24 Å². The van der Waals surface area contributed by atoms with Gasteiger partial charge in [-0.25, -0.2) is 4.39 Å². The van der Waals surface area contributed by atoms with Crippen LogP contribution in [0.2, 0.25) is 0 Å². The van der Waals surface area contributed by atoms with Crippen molar-refractivity contribution < 1.29 is 4.39 Å². The lowest BCUT2D eigenvalue weighted by Crippen LogP contribution is -2.41. The van der Waals surface area contributed by atoms with Gasteiger partial charge in [0.1, 0.15) is 6.67 Å². The fourth-order valence-electron chi connectivity index (χ4n) is 2.24. The molecule has 1 rings (SSSR count). The van der Waals surface area contributed by atoms with Gasteiger partial charge in [-0.2, -0.15) is 0 Å². The van der Waals surface area contributed by atoms with Gasteiger partial charge in [0, 0.05) is 12.1 Å². The highest BCUT2D eigenvalue weighted by atomic mass is 19.1. The molecule has 1 saturated heterocycles. The SMILES string of the molecule is CN1C(CF)CCC1C(C)(C)C. The monoisotopic (exact) mass is 173 g/mol. The molecule has 2 heteroatoms. The highest BCUT2D eigenvalue weighted by Gasteiger charge is 2.37. The van der Waals surface area contributed by atoms with Crippen LogP contribution < -0.4 is 0 Å². The first-order valence-electron chi connectivity index (χ1n) is 4.74. The van der Waals surface area contributed by atoms with Crippen molar-refractivity contribution in [1.82, 2.24) is 4.90 Å². The molecule has 1 fully saturated rings. The minimum absolute atomic E-state index is 0.175. The lowest BCUT2D eigenvalue weighted by atomic mass is 9.85. The number of alkyl halides is 1. The van der Waals surface area contributed by atoms with Crippen molar-refractivity contribution in [3.8, 4) is 0 Å². The standard InChI is InChI=1S/C10H20FN/c1-10(2,3)9-6-5-8(7-11)12(9)4/h8-9H,5-7H2,1-4H3. The molecule has 1 aliphatic rings. The molecule has 0 spiro atoms. The molecule has 0 aromatic heterocycles. The first kappa shape index (κ1) is 9.97. The van der Waals surface area contributed by atoms with E-state index in [2.05, 4.69) is 25.7 Å². The van der Waals surface area contributed by atoms with Gasteiger partial charge in [0.05, 0.1) is 0 Å². The van der Waals surface area contributed by atoms with Crippen molar-refractivity contribution in [3.05, 3.63) is 0 Å². The van der Waals surface area contributed by atoms with Crippen molar-refractivity contribution >= 4 is 0 Å². The predicted molar refractivity (Wildman–Crippen MR) is 50.0 cm³/mol. The Kier molecular flexibility index (Phi) is 2.77. The van der Waals surface area contributed by atoms with E-state index in [-0.39, 0.29) is 12.7 Å². The smallest absolute Gasteiger partial charge is 0.105 e. The van der Waals surface area contributed by atoms with Crippen LogP contribution in [0.4, 0.5) is 4.39 Å². The molecule has 1 nitrogen and oxygen atoms in total. The molecule has 0 N–H and O–H groups in total. The molecule has 2 unspecified atom stereocenters. The van der Waals surface area contributed by atoms with Gasteiger partial charge >= 0.3 is 0 Å². The molecule has 1 heterocycles. The van der Waals surface area contributed by atoms with Gasteiger partial charge in [-0.1, -0.05) is 20.8 Å². The zero-order valence-corrected chi connectivity index (χ0v) is 8.60. The molecule has 0 radical (unpaired) electrons. The first-order valence-corrected chi connectivity index (χ1v) is 4.74. The zero-order chi connectivity index (χ0) is 9.35. The highest BCUT2D eigenvalue weighted by molar-refractivity contribution is 4.91. The Morgan fingerprint density at radius 3 is 2.17 bits per heavy atom. The van der Waals surface area contributed by atoms with Gasteiger partial charge in [0.15, 0.2) is 0 Å². The quantitative estimate of drug-likeness (QED) is 0.589. The van der Waals surface area contributed by atoms with E-state index in [0.29, 0.717) is 11.5 Å². The molecule has 1 aliphatic heterocycles. The molecule has 0 aromatic rings. The third-order valence-corrected chi connectivity index (χ3v) is 3.02. The summed E-state index contributed by atoms with van der Waals surface area (Å²) in [6.45, 7) is 6.50. The summed E-state index contributed by atoms with van der Waals surface area (Å²) in [4.78, 5) is 2.21. The third kappa shape index (κ3) is 1.79. The van der Waals surface area contributed by atoms with E-state index in [1.807, 2.05) is 7.05 Å².